The topological polar surface area (TPSA) is 165 Å². The fourth-order valence-electron chi connectivity index (χ4n) is 3.41. The molecule has 1 saturated carbocycles. The van der Waals surface area contributed by atoms with E-state index >= 15 is 0 Å². The van der Waals surface area contributed by atoms with Crippen molar-refractivity contribution in [3.8, 4) is 0 Å². The third kappa shape index (κ3) is 11.3. The first-order valence-electron chi connectivity index (χ1n) is 9.69. The van der Waals surface area contributed by atoms with Gasteiger partial charge in [0.15, 0.2) is 6.29 Å². The van der Waals surface area contributed by atoms with Crippen LogP contribution in [-0.4, -0.2) is 104 Å². The third-order valence-electron chi connectivity index (χ3n) is 5.02. The summed E-state index contributed by atoms with van der Waals surface area (Å²) in [6, 6.07) is -0.315. The van der Waals surface area contributed by atoms with Gasteiger partial charge < -0.3 is 50.8 Å². The molecule has 12 heteroatoms. The molecule has 0 aromatic rings. The van der Waals surface area contributed by atoms with Crippen LogP contribution >= 0.6 is 0 Å². The van der Waals surface area contributed by atoms with Gasteiger partial charge in [0, 0.05) is 98.6 Å². The molecule has 0 bridgehead atoms. The monoisotopic (exact) mass is 586 g/mol. The molecule has 1 saturated heterocycles. The molecule has 0 aromatic carbocycles. The average Bonchev–Trinajstić information content (AvgIpc) is 2.95. The molecule has 2 fully saturated rings. The van der Waals surface area contributed by atoms with Crippen LogP contribution < -0.4 is 0 Å². The zero-order valence-electron chi connectivity index (χ0n) is 17.9. The minimum absolute atomic E-state index is 0. The molecule has 2 aliphatic rings. The van der Waals surface area contributed by atoms with E-state index in [1.807, 2.05) is 0 Å². The summed E-state index contributed by atoms with van der Waals surface area (Å²) < 4.78 is 20.6. The summed E-state index contributed by atoms with van der Waals surface area (Å²) in [6.07, 6.45) is -1.84. The van der Waals surface area contributed by atoms with Crippen LogP contribution in [0.5, 0.6) is 0 Å². The van der Waals surface area contributed by atoms with E-state index in [-0.39, 0.29) is 96.5 Å². The largest absolute Gasteiger partial charge is 0.677 e. The number of hydrogen-bond acceptors (Lipinski definition) is 8. The minimum atomic E-state index is -1.06. The fourth-order valence-corrected chi connectivity index (χ4v) is 3.41. The van der Waals surface area contributed by atoms with E-state index < -0.39 is 30.7 Å². The molecular formula is C18H36N2O8Y2-2. The van der Waals surface area contributed by atoms with Gasteiger partial charge in [-0.05, 0) is 6.42 Å². The van der Waals surface area contributed by atoms with Gasteiger partial charge in [0.2, 0.25) is 0 Å². The second kappa shape index (κ2) is 19.1. The zero-order valence-corrected chi connectivity index (χ0v) is 23.5. The first-order valence-corrected chi connectivity index (χ1v) is 9.69. The Morgan fingerprint density at radius 2 is 1.70 bits per heavy atom. The smallest absolute Gasteiger partial charge is 0.160 e. The molecule has 0 spiro atoms. The number of rotatable bonds is 9. The molecule has 2 rings (SSSR count). The maximum Gasteiger partial charge on any atom is 0.160 e. The standard InChI is InChI=1S/C10H20NO5.C8H16NO3.2Y/c11-3-1-2-4-15-9-5-7(13)10(14)8(6-12)16-9;1-11-4-5-3-6(9)8(12-2)7(5)10;;/h7-14H,1-6H2;5-10H,3-4H2,1-2H3;;/q2*-1;;. The van der Waals surface area contributed by atoms with Crippen LogP contribution in [0.25, 0.3) is 11.5 Å². The van der Waals surface area contributed by atoms with Gasteiger partial charge in [-0.15, -0.1) is 6.04 Å². The molecule has 0 aromatic heterocycles. The normalized spacial score (nSPS) is 35.6. The van der Waals surface area contributed by atoms with Gasteiger partial charge in [-0.1, -0.05) is 12.8 Å². The van der Waals surface area contributed by atoms with Crippen molar-refractivity contribution in [1.82, 2.24) is 0 Å². The van der Waals surface area contributed by atoms with E-state index in [2.05, 4.69) is 0 Å². The van der Waals surface area contributed by atoms with Crippen molar-refractivity contribution >= 4 is 0 Å². The van der Waals surface area contributed by atoms with Gasteiger partial charge in [-0.2, -0.15) is 6.54 Å². The Kier molecular flexibility index (Phi) is 21.7. The summed E-state index contributed by atoms with van der Waals surface area (Å²) in [4.78, 5) is 0. The van der Waals surface area contributed by atoms with Crippen molar-refractivity contribution in [2.75, 3.05) is 40.6 Å². The quantitative estimate of drug-likeness (QED) is 0.277. The molecule has 10 nitrogen and oxygen atoms in total. The molecular weight excluding hydrogens is 550 g/mol. The predicted molar refractivity (Wildman–Crippen MR) is 102 cm³/mol. The van der Waals surface area contributed by atoms with E-state index in [9.17, 15) is 15.3 Å². The van der Waals surface area contributed by atoms with E-state index in [0.717, 1.165) is 12.8 Å². The first kappa shape index (κ1) is 34.0. The predicted octanol–water partition coefficient (Wildman–Crippen LogP) is 0.109. The summed E-state index contributed by atoms with van der Waals surface area (Å²) in [7, 11) is 3.14. The maximum absolute atomic E-state index is 9.63. The number of ether oxygens (including phenoxy) is 4. The van der Waals surface area contributed by atoms with Gasteiger partial charge in [0.1, 0.15) is 12.2 Å². The molecule has 2 radical (unpaired) electrons. The Morgan fingerprint density at radius 3 is 2.20 bits per heavy atom. The summed E-state index contributed by atoms with van der Waals surface area (Å²) in [5.41, 5.74) is 14.5. The van der Waals surface area contributed by atoms with Crippen LogP contribution in [0.4, 0.5) is 0 Å². The average molecular weight is 586 g/mol. The Bertz CT molecular complexity index is 416. The number of hydrogen-bond donors (Lipinski definition) is 4. The van der Waals surface area contributed by atoms with Gasteiger partial charge in [-0.3, -0.25) is 0 Å². The molecule has 8 unspecified atom stereocenters. The first-order chi connectivity index (χ1) is 13.4. The maximum atomic E-state index is 9.63. The molecule has 0 amide bonds. The van der Waals surface area contributed by atoms with Gasteiger partial charge in [0.05, 0.1) is 31.5 Å². The van der Waals surface area contributed by atoms with E-state index in [0.29, 0.717) is 26.2 Å². The van der Waals surface area contributed by atoms with Crippen molar-refractivity contribution in [2.24, 2.45) is 5.92 Å². The molecule has 1 heterocycles. The van der Waals surface area contributed by atoms with Crippen molar-refractivity contribution in [3.63, 3.8) is 0 Å². The number of nitrogens with one attached hydrogen (secondary N) is 2. The Balaban J connectivity index is 0. The second-order valence-corrected chi connectivity index (χ2v) is 7.16. The van der Waals surface area contributed by atoms with Crippen LogP contribution in [0.3, 0.4) is 0 Å². The SMILES string of the molecule is COCC1CC([NH-])C(OC)C1O.[NH-]CCCCOC1CC(O)C(O)C(CO)O1.[Y].[Y]. The zero-order chi connectivity index (χ0) is 21.1. The van der Waals surface area contributed by atoms with Crippen LogP contribution in [0, 0.1) is 5.92 Å². The molecule has 8 atom stereocenters. The third-order valence-corrected chi connectivity index (χ3v) is 5.02. The molecule has 30 heavy (non-hydrogen) atoms. The van der Waals surface area contributed by atoms with E-state index in [1.54, 1.807) is 7.11 Å². The number of aliphatic hydroxyl groups is 4. The molecule has 174 valence electrons. The summed E-state index contributed by atoms with van der Waals surface area (Å²) in [5, 5.41) is 37.5. The van der Waals surface area contributed by atoms with Gasteiger partial charge >= 0.3 is 0 Å². The van der Waals surface area contributed by atoms with Crippen LogP contribution in [0.1, 0.15) is 25.7 Å². The Labute approximate surface area is 229 Å². The summed E-state index contributed by atoms with van der Waals surface area (Å²) in [6.45, 7) is 1.00. The fraction of sp³-hybridized carbons (Fsp3) is 1.00. The Hall–Kier alpha value is 1.81. The van der Waals surface area contributed by atoms with Crippen molar-refractivity contribution in [1.29, 1.82) is 0 Å². The number of methoxy groups -OCH3 is 2. The van der Waals surface area contributed by atoms with Crippen molar-refractivity contribution < 1.29 is 105 Å². The van der Waals surface area contributed by atoms with E-state index in [4.69, 9.17) is 35.5 Å². The summed E-state index contributed by atoms with van der Waals surface area (Å²) in [5.74, 6) is 0.0578. The van der Waals surface area contributed by atoms with E-state index in [1.165, 1.54) is 7.11 Å². The van der Waals surface area contributed by atoms with Crippen LogP contribution in [-0.2, 0) is 84.4 Å². The second-order valence-electron chi connectivity index (χ2n) is 7.16. The summed E-state index contributed by atoms with van der Waals surface area (Å²) >= 11 is 0. The molecule has 6 N–H and O–H groups in total. The Morgan fingerprint density at radius 1 is 1.03 bits per heavy atom. The van der Waals surface area contributed by atoms with Crippen LogP contribution in [0.2, 0.25) is 0 Å². The van der Waals surface area contributed by atoms with Gasteiger partial charge in [0.25, 0.3) is 0 Å². The molecule has 1 aliphatic carbocycles. The minimum Gasteiger partial charge on any atom is -0.677 e. The van der Waals surface area contributed by atoms with Crippen molar-refractivity contribution in [3.05, 3.63) is 11.5 Å². The molecule has 1 aliphatic heterocycles. The van der Waals surface area contributed by atoms with Crippen molar-refractivity contribution in [2.45, 2.75) is 68.5 Å². The number of unbranched alkanes of at least 4 members (excludes halogenated alkanes) is 1. The van der Waals surface area contributed by atoms with Crippen LogP contribution in [0.15, 0.2) is 0 Å². The number of aliphatic hydroxyl groups excluding tert-OH is 4. The van der Waals surface area contributed by atoms with Gasteiger partial charge in [-0.25, -0.2) is 0 Å².